The van der Waals surface area contributed by atoms with Gasteiger partial charge in [-0.25, -0.2) is 0 Å². The molecule has 4 rings (SSSR count). The number of aliphatic hydroxyl groups excluding tert-OH is 1. The first kappa shape index (κ1) is 21.1. The number of hydrogen-bond acceptors (Lipinski definition) is 6. The van der Waals surface area contributed by atoms with Crippen LogP contribution >= 0.6 is 11.8 Å². The molecule has 0 bridgehead atoms. The highest BCUT2D eigenvalue weighted by Gasteiger charge is 2.20. The Morgan fingerprint density at radius 3 is 2.63 bits per heavy atom. The number of piperazine rings is 1. The van der Waals surface area contributed by atoms with Crippen molar-refractivity contribution in [3.8, 4) is 5.75 Å². The molecule has 1 saturated heterocycles. The Bertz CT molecular complexity index is 863. The van der Waals surface area contributed by atoms with E-state index in [4.69, 9.17) is 4.74 Å². The van der Waals surface area contributed by atoms with Gasteiger partial charge in [-0.15, -0.1) is 11.8 Å². The van der Waals surface area contributed by atoms with E-state index < -0.39 is 6.10 Å². The Kier molecular flexibility index (Phi) is 6.87. The molecule has 2 heterocycles. The van der Waals surface area contributed by atoms with E-state index in [1.807, 2.05) is 18.2 Å². The van der Waals surface area contributed by atoms with Crippen LogP contribution in [0.1, 0.15) is 12.5 Å². The lowest BCUT2D eigenvalue weighted by atomic mass is 10.1. The van der Waals surface area contributed by atoms with Gasteiger partial charge in [0.05, 0.1) is 0 Å². The van der Waals surface area contributed by atoms with Crippen molar-refractivity contribution in [2.24, 2.45) is 0 Å². The molecule has 0 aliphatic carbocycles. The van der Waals surface area contributed by atoms with Crippen LogP contribution in [-0.2, 0) is 0 Å². The fourth-order valence-corrected chi connectivity index (χ4v) is 4.37. The largest absolute Gasteiger partial charge is 0.491 e. The molecular formula is C24H31N3O2S. The van der Waals surface area contributed by atoms with Gasteiger partial charge in [0, 0.05) is 60.6 Å². The van der Waals surface area contributed by atoms with E-state index in [1.165, 1.54) is 10.6 Å². The minimum absolute atomic E-state index is 0.308. The lowest BCUT2D eigenvalue weighted by Crippen LogP contribution is -2.49. The number of fused-ring (bicyclic) bond motifs is 1. The van der Waals surface area contributed by atoms with Gasteiger partial charge in [-0.3, -0.25) is 4.90 Å². The monoisotopic (exact) mass is 425 g/mol. The second kappa shape index (κ2) is 9.77. The molecule has 0 aromatic heterocycles. The first-order valence-electron chi connectivity index (χ1n) is 10.6. The number of ether oxygens (including phenoxy) is 1. The average molecular weight is 426 g/mol. The third-order valence-electron chi connectivity index (χ3n) is 5.69. The number of benzene rings is 2. The first-order valence-corrected chi connectivity index (χ1v) is 11.8. The Hall–Kier alpha value is -2.15. The van der Waals surface area contributed by atoms with Crippen molar-refractivity contribution in [2.45, 2.75) is 24.0 Å². The molecule has 2 N–H and O–H groups in total. The Labute approximate surface area is 183 Å². The lowest BCUT2D eigenvalue weighted by Gasteiger charge is -2.36. The zero-order chi connectivity index (χ0) is 20.9. The van der Waals surface area contributed by atoms with Crippen LogP contribution in [0, 0.1) is 0 Å². The van der Waals surface area contributed by atoms with Crippen molar-refractivity contribution in [2.75, 3.05) is 55.8 Å². The predicted molar refractivity (Wildman–Crippen MR) is 127 cm³/mol. The minimum atomic E-state index is -0.498. The van der Waals surface area contributed by atoms with Gasteiger partial charge in [-0.2, -0.15) is 0 Å². The van der Waals surface area contributed by atoms with Crippen LogP contribution in [0.15, 0.2) is 53.4 Å². The van der Waals surface area contributed by atoms with Crippen molar-refractivity contribution >= 4 is 29.2 Å². The van der Waals surface area contributed by atoms with Crippen LogP contribution in [-0.4, -0.2) is 67.7 Å². The maximum Gasteiger partial charge on any atom is 0.120 e. The number of thioether (sulfide) groups is 1. The van der Waals surface area contributed by atoms with Crippen LogP contribution in [0.25, 0.3) is 6.08 Å². The van der Waals surface area contributed by atoms with E-state index in [2.05, 4.69) is 64.7 Å². The third kappa shape index (κ3) is 5.31. The van der Waals surface area contributed by atoms with Crippen molar-refractivity contribution in [1.82, 2.24) is 4.90 Å². The zero-order valence-corrected chi connectivity index (χ0v) is 18.6. The van der Waals surface area contributed by atoms with Crippen molar-refractivity contribution in [3.05, 3.63) is 54.1 Å². The summed E-state index contributed by atoms with van der Waals surface area (Å²) in [7, 11) is 0. The molecule has 2 aromatic carbocycles. The van der Waals surface area contributed by atoms with Gasteiger partial charge in [0.15, 0.2) is 0 Å². The first-order chi connectivity index (χ1) is 14.6. The fourth-order valence-electron chi connectivity index (χ4n) is 3.97. The number of aliphatic hydroxyl groups is 1. The number of nitrogens with one attached hydrogen (secondary N) is 1. The number of β-amino-alcohol motifs (C(OH)–C–C–N with tert-alkyl or cyclic N) is 1. The molecule has 0 spiro atoms. The molecular weight excluding hydrogens is 394 g/mol. The standard InChI is InChI=1S/C24H31N3O2S/c1-18-3-4-19-15-22(7-10-24(19)25-18)29-17-21(28)16-26-11-13-27(14-12-26)20-5-8-23(30-2)9-6-20/h3-10,15,18,21,25,28H,11-14,16-17H2,1-2H3/t18?,21-/m0/s1. The van der Waals surface area contributed by atoms with E-state index >= 15 is 0 Å². The SMILES string of the molecule is CSc1ccc(N2CCN(C[C@H](O)COc3ccc4c(c3)C=CC(C)N4)CC2)cc1. The van der Waals surface area contributed by atoms with Gasteiger partial charge in [-0.1, -0.05) is 12.2 Å². The molecule has 0 amide bonds. The maximum absolute atomic E-state index is 10.5. The normalized spacial score (nSPS) is 19.8. The maximum atomic E-state index is 10.5. The van der Waals surface area contributed by atoms with Gasteiger partial charge in [0.1, 0.15) is 18.5 Å². The molecule has 2 aliphatic rings. The molecule has 1 fully saturated rings. The van der Waals surface area contributed by atoms with Crippen LogP contribution in [0.3, 0.4) is 0 Å². The Balaban J connectivity index is 1.22. The molecule has 160 valence electrons. The molecule has 5 nitrogen and oxygen atoms in total. The second-order valence-corrected chi connectivity index (χ2v) is 8.87. The Morgan fingerprint density at radius 1 is 1.13 bits per heavy atom. The molecule has 30 heavy (non-hydrogen) atoms. The van der Waals surface area contributed by atoms with E-state index in [1.54, 1.807) is 11.8 Å². The van der Waals surface area contributed by atoms with E-state index in [0.717, 1.165) is 43.2 Å². The quantitative estimate of drug-likeness (QED) is 0.658. The predicted octanol–water partition coefficient (Wildman–Crippen LogP) is 3.80. The van der Waals surface area contributed by atoms with E-state index in [9.17, 15) is 5.11 Å². The van der Waals surface area contributed by atoms with E-state index in [0.29, 0.717) is 19.2 Å². The minimum Gasteiger partial charge on any atom is -0.491 e. The summed E-state index contributed by atoms with van der Waals surface area (Å²) in [5.74, 6) is 0.798. The molecule has 2 aliphatic heterocycles. The number of nitrogens with zero attached hydrogens (tertiary/aromatic N) is 2. The smallest absolute Gasteiger partial charge is 0.120 e. The van der Waals surface area contributed by atoms with Crippen molar-refractivity contribution in [3.63, 3.8) is 0 Å². The lowest BCUT2D eigenvalue weighted by molar-refractivity contribution is 0.0663. The van der Waals surface area contributed by atoms with Crippen molar-refractivity contribution in [1.29, 1.82) is 0 Å². The van der Waals surface area contributed by atoms with Crippen molar-refractivity contribution < 1.29 is 9.84 Å². The van der Waals surface area contributed by atoms with Gasteiger partial charge >= 0.3 is 0 Å². The summed E-state index contributed by atoms with van der Waals surface area (Å²) in [6.07, 6.45) is 5.86. The summed E-state index contributed by atoms with van der Waals surface area (Å²) >= 11 is 1.77. The molecule has 6 heteroatoms. The summed E-state index contributed by atoms with van der Waals surface area (Å²) < 4.78 is 5.86. The number of rotatable bonds is 7. The van der Waals surface area contributed by atoms with Crippen LogP contribution in [0.5, 0.6) is 5.75 Å². The van der Waals surface area contributed by atoms with Crippen LogP contribution < -0.4 is 15.0 Å². The summed E-state index contributed by atoms with van der Waals surface area (Å²) in [5, 5.41) is 13.9. The second-order valence-electron chi connectivity index (χ2n) is 7.99. The highest BCUT2D eigenvalue weighted by Crippen LogP contribution is 2.27. The van der Waals surface area contributed by atoms with Gasteiger partial charge < -0.3 is 20.1 Å². The fraction of sp³-hybridized carbons (Fsp3) is 0.417. The van der Waals surface area contributed by atoms with Crippen LogP contribution in [0.4, 0.5) is 11.4 Å². The summed E-state index contributed by atoms with van der Waals surface area (Å²) in [6, 6.07) is 15.1. The number of anilines is 2. The van der Waals surface area contributed by atoms with Gasteiger partial charge in [0.25, 0.3) is 0 Å². The highest BCUT2D eigenvalue weighted by molar-refractivity contribution is 7.98. The third-order valence-corrected chi connectivity index (χ3v) is 6.44. The summed E-state index contributed by atoms with van der Waals surface area (Å²) in [6.45, 7) is 6.94. The van der Waals surface area contributed by atoms with Gasteiger partial charge in [-0.05, 0) is 55.6 Å². The summed E-state index contributed by atoms with van der Waals surface area (Å²) in [4.78, 5) is 6.03. The molecule has 0 saturated carbocycles. The Morgan fingerprint density at radius 2 is 1.90 bits per heavy atom. The summed E-state index contributed by atoms with van der Waals surface area (Å²) in [5.41, 5.74) is 3.53. The van der Waals surface area contributed by atoms with Gasteiger partial charge in [0.2, 0.25) is 0 Å². The number of hydrogen-bond donors (Lipinski definition) is 2. The molecule has 2 aromatic rings. The average Bonchev–Trinajstić information content (AvgIpc) is 2.78. The van der Waals surface area contributed by atoms with E-state index in [-0.39, 0.29) is 0 Å². The topological polar surface area (TPSA) is 48.0 Å². The highest BCUT2D eigenvalue weighted by atomic mass is 32.2. The zero-order valence-electron chi connectivity index (χ0n) is 17.8. The molecule has 2 atom stereocenters. The molecule has 0 radical (unpaired) electrons. The van der Waals surface area contributed by atoms with Crippen LogP contribution in [0.2, 0.25) is 0 Å². The molecule has 1 unspecified atom stereocenters.